The molecule has 3 atom stereocenters. The largest absolute Gasteiger partial charge is 0.364 e. The van der Waals surface area contributed by atoms with E-state index in [1.807, 2.05) is 24.4 Å². The third-order valence-electron chi connectivity index (χ3n) is 7.05. The van der Waals surface area contributed by atoms with Crippen molar-refractivity contribution in [3.05, 3.63) is 78.5 Å². The van der Waals surface area contributed by atoms with E-state index in [0.29, 0.717) is 12.1 Å². The number of aromatic nitrogens is 3. The number of anilines is 2. The summed E-state index contributed by atoms with van der Waals surface area (Å²) in [5, 5.41) is 4.65. The molecule has 2 saturated heterocycles. The molecule has 4 heterocycles. The minimum Gasteiger partial charge on any atom is -0.364 e. The highest BCUT2D eigenvalue weighted by atomic mass is 15.4. The van der Waals surface area contributed by atoms with Gasteiger partial charge in [0.25, 0.3) is 0 Å². The van der Waals surface area contributed by atoms with Crippen molar-refractivity contribution >= 4 is 22.5 Å². The van der Waals surface area contributed by atoms with Crippen LogP contribution in [0.25, 0.3) is 22.3 Å². The van der Waals surface area contributed by atoms with Crippen LogP contribution in [0.15, 0.2) is 72.9 Å². The lowest BCUT2D eigenvalue weighted by molar-refractivity contribution is 0.292. The summed E-state index contributed by atoms with van der Waals surface area (Å²) in [6.07, 6.45) is 3.05. The van der Waals surface area contributed by atoms with Crippen molar-refractivity contribution in [1.29, 1.82) is 0 Å². The van der Waals surface area contributed by atoms with Crippen LogP contribution in [0.2, 0.25) is 0 Å². The maximum Gasteiger partial charge on any atom is 0.162 e. The lowest BCUT2D eigenvalue weighted by Crippen LogP contribution is -2.45. The van der Waals surface area contributed by atoms with Crippen molar-refractivity contribution < 1.29 is 0 Å². The SMILES string of the molecule is CC(Nc1cc(-c2nc(N3C[C@@H]4C[C@H]3CN4C)c3ccccc3n2)ccn1)c1ccccc1. The number of benzene rings is 2. The Morgan fingerprint density at radius 1 is 0.939 bits per heavy atom. The first-order chi connectivity index (χ1) is 16.2. The summed E-state index contributed by atoms with van der Waals surface area (Å²) in [5.41, 5.74) is 3.18. The van der Waals surface area contributed by atoms with E-state index in [9.17, 15) is 0 Å². The summed E-state index contributed by atoms with van der Waals surface area (Å²) in [4.78, 5) is 19.6. The van der Waals surface area contributed by atoms with Gasteiger partial charge in [-0.2, -0.15) is 0 Å². The number of likely N-dealkylation sites (N-methyl/N-ethyl adjacent to an activating group) is 1. The van der Waals surface area contributed by atoms with E-state index in [1.54, 1.807) is 0 Å². The summed E-state index contributed by atoms with van der Waals surface area (Å²) in [6, 6.07) is 24.1. The molecule has 2 aliphatic rings. The van der Waals surface area contributed by atoms with E-state index < -0.39 is 0 Å². The molecule has 4 aromatic rings. The van der Waals surface area contributed by atoms with E-state index in [2.05, 4.69) is 82.6 Å². The van der Waals surface area contributed by atoms with Crippen LogP contribution in [0.5, 0.6) is 0 Å². The number of nitrogens with one attached hydrogen (secondary N) is 1. The van der Waals surface area contributed by atoms with Crippen molar-refractivity contribution in [2.45, 2.75) is 31.5 Å². The average Bonchev–Trinajstić information content (AvgIpc) is 3.44. The van der Waals surface area contributed by atoms with Crippen molar-refractivity contribution in [3.63, 3.8) is 0 Å². The maximum atomic E-state index is 5.12. The van der Waals surface area contributed by atoms with Crippen molar-refractivity contribution in [2.75, 3.05) is 30.4 Å². The Balaban J connectivity index is 1.36. The molecule has 166 valence electrons. The standard InChI is InChI=1S/C27H28N6/c1-18(19-8-4-3-5-9-19)29-25-14-20(12-13-28-25)26-30-24-11-7-6-10-23(24)27(31-26)33-17-21-15-22(33)16-32(21)2/h3-14,18,21-22H,15-17H2,1-2H3,(H,28,29)/t18?,21-,22-/m0/s1. The van der Waals surface area contributed by atoms with Crippen molar-refractivity contribution in [3.8, 4) is 11.4 Å². The Bertz CT molecular complexity index is 1290. The quantitative estimate of drug-likeness (QED) is 0.487. The number of fused-ring (bicyclic) bond motifs is 3. The Hall–Kier alpha value is -3.51. The first kappa shape index (κ1) is 20.1. The van der Waals surface area contributed by atoms with E-state index >= 15 is 0 Å². The molecular formula is C27H28N6. The number of hydrogen-bond acceptors (Lipinski definition) is 6. The third kappa shape index (κ3) is 3.70. The second-order valence-corrected chi connectivity index (χ2v) is 9.23. The van der Waals surface area contributed by atoms with Crippen LogP contribution >= 0.6 is 0 Å². The third-order valence-corrected chi connectivity index (χ3v) is 7.05. The molecule has 6 nitrogen and oxygen atoms in total. The minimum atomic E-state index is 0.152. The van der Waals surface area contributed by atoms with Gasteiger partial charge in [0.2, 0.25) is 0 Å². The van der Waals surface area contributed by atoms with Crippen molar-refractivity contribution in [1.82, 2.24) is 19.9 Å². The summed E-state index contributed by atoms with van der Waals surface area (Å²) in [6.45, 7) is 4.27. The molecule has 2 bridgehead atoms. The zero-order chi connectivity index (χ0) is 22.4. The second kappa shape index (κ2) is 8.12. The van der Waals surface area contributed by atoms with Gasteiger partial charge in [0, 0.05) is 48.4 Å². The van der Waals surface area contributed by atoms with Crippen LogP contribution in [0.3, 0.4) is 0 Å². The summed E-state index contributed by atoms with van der Waals surface area (Å²) < 4.78 is 0. The number of rotatable bonds is 5. The van der Waals surface area contributed by atoms with Gasteiger partial charge in [-0.3, -0.25) is 4.90 Å². The van der Waals surface area contributed by atoms with E-state index in [-0.39, 0.29) is 6.04 Å². The predicted octanol–water partition coefficient (Wildman–Crippen LogP) is 4.76. The number of pyridine rings is 1. The molecule has 0 radical (unpaired) electrons. The topological polar surface area (TPSA) is 57.2 Å². The molecule has 6 rings (SSSR count). The molecule has 0 aliphatic carbocycles. The molecule has 6 heteroatoms. The summed E-state index contributed by atoms with van der Waals surface area (Å²) >= 11 is 0. The highest BCUT2D eigenvalue weighted by Crippen LogP contribution is 2.37. The van der Waals surface area contributed by atoms with Gasteiger partial charge in [-0.15, -0.1) is 0 Å². The van der Waals surface area contributed by atoms with Gasteiger partial charge in [0.1, 0.15) is 11.6 Å². The summed E-state index contributed by atoms with van der Waals surface area (Å²) in [5.74, 6) is 2.63. The predicted molar refractivity (Wildman–Crippen MR) is 133 cm³/mol. The molecule has 2 aliphatic heterocycles. The highest BCUT2D eigenvalue weighted by molar-refractivity contribution is 5.91. The zero-order valence-electron chi connectivity index (χ0n) is 19.0. The van der Waals surface area contributed by atoms with Crippen LogP contribution in [0.4, 0.5) is 11.6 Å². The lowest BCUT2D eigenvalue weighted by Gasteiger charge is -2.33. The van der Waals surface area contributed by atoms with Crippen LogP contribution in [-0.4, -0.2) is 52.1 Å². The van der Waals surface area contributed by atoms with Gasteiger partial charge < -0.3 is 10.2 Å². The molecule has 0 saturated carbocycles. The Labute approximate surface area is 194 Å². The van der Waals surface area contributed by atoms with Gasteiger partial charge in [0.15, 0.2) is 5.82 Å². The fraction of sp³-hybridized carbons (Fsp3) is 0.296. The fourth-order valence-electron chi connectivity index (χ4n) is 5.23. The van der Waals surface area contributed by atoms with Crippen molar-refractivity contribution in [2.24, 2.45) is 0 Å². The van der Waals surface area contributed by atoms with Gasteiger partial charge in [-0.1, -0.05) is 42.5 Å². The number of piperazine rings is 1. The van der Waals surface area contributed by atoms with Crippen LogP contribution in [0.1, 0.15) is 24.9 Å². The first-order valence-electron chi connectivity index (χ1n) is 11.7. The number of likely N-dealkylation sites (tertiary alicyclic amines) is 1. The Kier molecular flexibility index (Phi) is 4.95. The maximum absolute atomic E-state index is 5.12. The zero-order valence-corrected chi connectivity index (χ0v) is 19.0. The van der Waals surface area contributed by atoms with Crippen LogP contribution in [0, 0.1) is 0 Å². The number of hydrogen-bond donors (Lipinski definition) is 1. The first-order valence-corrected chi connectivity index (χ1v) is 11.7. The van der Waals surface area contributed by atoms with Crippen LogP contribution in [-0.2, 0) is 0 Å². The van der Waals surface area contributed by atoms with Gasteiger partial charge in [-0.05, 0) is 50.2 Å². The van der Waals surface area contributed by atoms with E-state index in [4.69, 9.17) is 9.97 Å². The molecule has 2 fully saturated rings. The molecule has 0 amide bonds. The van der Waals surface area contributed by atoms with E-state index in [1.165, 1.54) is 12.0 Å². The summed E-state index contributed by atoms with van der Waals surface area (Å²) in [7, 11) is 2.23. The second-order valence-electron chi connectivity index (χ2n) is 9.23. The fourth-order valence-corrected chi connectivity index (χ4v) is 5.23. The molecule has 1 unspecified atom stereocenters. The minimum absolute atomic E-state index is 0.152. The molecule has 33 heavy (non-hydrogen) atoms. The highest BCUT2D eigenvalue weighted by Gasteiger charge is 2.42. The molecule has 1 N–H and O–H groups in total. The van der Waals surface area contributed by atoms with E-state index in [0.717, 1.165) is 47.0 Å². The number of para-hydroxylation sites is 1. The van der Waals surface area contributed by atoms with Gasteiger partial charge >= 0.3 is 0 Å². The lowest BCUT2D eigenvalue weighted by atomic mass is 10.1. The molecule has 0 spiro atoms. The monoisotopic (exact) mass is 436 g/mol. The Morgan fingerprint density at radius 3 is 2.55 bits per heavy atom. The van der Waals surface area contributed by atoms with Gasteiger partial charge in [-0.25, -0.2) is 15.0 Å². The smallest absolute Gasteiger partial charge is 0.162 e. The van der Waals surface area contributed by atoms with Gasteiger partial charge in [0.05, 0.1) is 5.52 Å². The molecular weight excluding hydrogens is 408 g/mol. The normalized spacial score (nSPS) is 21.0. The average molecular weight is 437 g/mol. The number of nitrogens with zero attached hydrogens (tertiary/aromatic N) is 5. The molecule has 2 aromatic heterocycles. The van der Waals surface area contributed by atoms with Crippen LogP contribution < -0.4 is 10.2 Å². The Morgan fingerprint density at radius 2 is 1.76 bits per heavy atom. The molecule has 2 aromatic carbocycles.